The monoisotopic (exact) mass is 318 g/mol. The van der Waals surface area contributed by atoms with Gasteiger partial charge in [0.1, 0.15) is 0 Å². The van der Waals surface area contributed by atoms with Crippen LogP contribution in [0.5, 0.6) is 0 Å². The van der Waals surface area contributed by atoms with E-state index in [2.05, 4.69) is 5.32 Å². The highest BCUT2D eigenvalue weighted by Gasteiger charge is 2.33. The summed E-state index contributed by atoms with van der Waals surface area (Å²) < 4.78 is 0. The number of likely N-dealkylation sites (tertiary alicyclic amines) is 1. The molecule has 2 fully saturated rings. The molecule has 0 bridgehead atoms. The SMILES string of the molecule is Cl.NC(=O)NCC1CCCCN1C(=O)C1CCCC(N)C1. The van der Waals surface area contributed by atoms with Gasteiger partial charge in [-0.05, 0) is 38.5 Å². The second-order valence-electron chi connectivity index (χ2n) is 6.05. The molecule has 3 unspecified atom stereocenters. The summed E-state index contributed by atoms with van der Waals surface area (Å²) in [5.74, 6) is 0.282. The molecule has 2 rings (SSSR count). The standard InChI is InChI=1S/C14H26N4O2.ClH/c15-11-5-3-4-10(8-11)13(19)18-7-2-1-6-12(18)9-17-14(16)20;/h10-12H,1-9,15H2,(H3,16,17,20);1H. The Balaban J connectivity index is 0.00000220. The van der Waals surface area contributed by atoms with Crippen molar-refractivity contribution in [1.29, 1.82) is 0 Å². The van der Waals surface area contributed by atoms with Crippen LogP contribution >= 0.6 is 12.4 Å². The molecule has 122 valence electrons. The molecule has 1 heterocycles. The fourth-order valence-electron chi connectivity index (χ4n) is 3.41. The number of nitrogens with two attached hydrogens (primary N) is 2. The normalized spacial score (nSPS) is 29.4. The van der Waals surface area contributed by atoms with Crippen LogP contribution in [0.15, 0.2) is 0 Å². The first-order valence-corrected chi connectivity index (χ1v) is 7.67. The van der Waals surface area contributed by atoms with Gasteiger partial charge in [-0.25, -0.2) is 4.79 Å². The number of carbonyl (C=O) groups excluding carboxylic acids is 2. The Morgan fingerprint density at radius 1 is 1.14 bits per heavy atom. The Labute approximate surface area is 132 Å². The minimum atomic E-state index is -0.525. The number of nitrogens with zero attached hydrogens (tertiary/aromatic N) is 1. The van der Waals surface area contributed by atoms with Gasteiger partial charge in [-0.15, -0.1) is 12.4 Å². The van der Waals surface area contributed by atoms with Crippen molar-refractivity contribution in [1.82, 2.24) is 10.2 Å². The molecule has 21 heavy (non-hydrogen) atoms. The van der Waals surface area contributed by atoms with E-state index in [0.29, 0.717) is 6.54 Å². The van der Waals surface area contributed by atoms with Gasteiger partial charge in [0.2, 0.25) is 5.91 Å². The smallest absolute Gasteiger partial charge is 0.312 e. The summed E-state index contributed by atoms with van der Waals surface area (Å²) in [4.78, 5) is 25.5. The second-order valence-corrected chi connectivity index (χ2v) is 6.05. The molecule has 7 heteroatoms. The van der Waals surface area contributed by atoms with Gasteiger partial charge in [0.05, 0.1) is 0 Å². The van der Waals surface area contributed by atoms with E-state index in [1.807, 2.05) is 4.90 Å². The summed E-state index contributed by atoms with van der Waals surface area (Å²) in [5, 5.41) is 2.63. The minimum absolute atomic E-state index is 0. The minimum Gasteiger partial charge on any atom is -0.352 e. The van der Waals surface area contributed by atoms with E-state index in [-0.39, 0.29) is 36.3 Å². The van der Waals surface area contributed by atoms with Crippen LogP contribution in [-0.4, -0.2) is 42.0 Å². The largest absolute Gasteiger partial charge is 0.352 e. The van der Waals surface area contributed by atoms with Gasteiger partial charge >= 0.3 is 6.03 Å². The third-order valence-corrected chi connectivity index (χ3v) is 4.49. The zero-order valence-electron chi connectivity index (χ0n) is 12.4. The molecule has 0 spiro atoms. The molecule has 3 amide bonds. The van der Waals surface area contributed by atoms with Gasteiger partial charge in [0.25, 0.3) is 0 Å². The maximum absolute atomic E-state index is 12.7. The van der Waals surface area contributed by atoms with E-state index in [1.54, 1.807) is 0 Å². The highest BCUT2D eigenvalue weighted by Crippen LogP contribution is 2.27. The average Bonchev–Trinajstić information content (AvgIpc) is 2.44. The molecule has 0 aromatic heterocycles. The molecule has 0 radical (unpaired) electrons. The van der Waals surface area contributed by atoms with Crippen LogP contribution in [0.2, 0.25) is 0 Å². The zero-order chi connectivity index (χ0) is 14.5. The molecule has 1 saturated carbocycles. The maximum atomic E-state index is 12.7. The summed E-state index contributed by atoms with van der Waals surface area (Å²) in [6, 6.07) is -0.283. The summed E-state index contributed by atoms with van der Waals surface area (Å²) in [6.07, 6.45) is 6.87. The summed E-state index contributed by atoms with van der Waals surface area (Å²) in [5.41, 5.74) is 11.1. The predicted molar refractivity (Wildman–Crippen MR) is 84.1 cm³/mol. The molecule has 1 aliphatic carbocycles. The van der Waals surface area contributed by atoms with Crippen molar-refractivity contribution in [3.63, 3.8) is 0 Å². The number of hydrogen-bond acceptors (Lipinski definition) is 3. The van der Waals surface area contributed by atoms with Crippen LogP contribution in [0.4, 0.5) is 4.79 Å². The van der Waals surface area contributed by atoms with E-state index in [4.69, 9.17) is 11.5 Å². The summed E-state index contributed by atoms with van der Waals surface area (Å²) >= 11 is 0. The van der Waals surface area contributed by atoms with Crippen LogP contribution in [0.1, 0.15) is 44.9 Å². The van der Waals surface area contributed by atoms with Crippen molar-refractivity contribution < 1.29 is 9.59 Å². The Morgan fingerprint density at radius 3 is 2.57 bits per heavy atom. The number of hydrogen-bond donors (Lipinski definition) is 3. The van der Waals surface area contributed by atoms with Crippen molar-refractivity contribution in [2.45, 2.75) is 57.0 Å². The lowest BCUT2D eigenvalue weighted by Gasteiger charge is -2.39. The van der Waals surface area contributed by atoms with E-state index in [0.717, 1.165) is 51.5 Å². The van der Waals surface area contributed by atoms with E-state index < -0.39 is 6.03 Å². The zero-order valence-corrected chi connectivity index (χ0v) is 13.2. The predicted octanol–water partition coefficient (Wildman–Crippen LogP) is 0.975. The number of primary amides is 1. The number of rotatable bonds is 3. The van der Waals surface area contributed by atoms with Crippen molar-refractivity contribution in [3.8, 4) is 0 Å². The molecule has 1 saturated heterocycles. The lowest BCUT2D eigenvalue weighted by atomic mass is 9.84. The van der Waals surface area contributed by atoms with Crippen LogP contribution in [0.3, 0.4) is 0 Å². The fourth-order valence-corrected chi connectivity index (χ4v) is 3.41. The summed E-state index contributed by atoms with van der Waals surface area (Å²) in [6.45, 7) is 1.25. The molecule has 5 N–H and O–H groups in total. The third kappa shape index (κ3) is 5.04. The summed E-state index contributed by atoms with van der Waals surface area (Å²) in [7, 11) is 0. The van der Waals surface area contributed by atoms with Gasteiger partial charge < -0.3 is 21.7 Å². The lowest BCUT2D eigenvalue weighted by molar-refractivity contribution is -0.140. The van der Waals surface area contributed by atoms with Gasteiger partial charge in [-0.3, -0.25) is 4.79 Å². The number of nitrogens with one attached hydrogen (secondary N) is 1. The van der Waals surface area contributed by atoms with Gasteiger partial charge in [-0.1, -0.05) is 6.42 Å². The number of halogens is 1. The highest BCUT2D eigenvalue weighted by molar-refractivity contribution is 5.85. The molecule has 0 aromatic carbocycles. The Hall–Kier alpha value is -1.01. The molecular formula is C14H27ClN4O2. The Kier molecular flexibility index (Phi) is 7.25. The Morgan fingerprint density at radius 2 is 1.90 bits per heavy atom. The molecule has 1 aliphatic heterocycles. The van der Waals surface area contributed by atoms with Crippen molar-refractivity contribution >= 4 is 24.3 Å². The first-order valence-electron chi connectivity index (χ1n) is 7.67. The average molecular weight is 319 g/mol. The van der Waals surface area contributed by atoms with E-state index >= 15 is 0 Å². The lowest BCUT2D eigenvalue weighted by Crippen LogP contribution is -2.52. The van der Waals surface area contributed by atoms with Gasteiger partial charge in [0.15, 0.2) is 0 Å². The number of amides is 3. The highest BCUT2D eigenvalue weighted by atomic mass is 35.5. The molecule has 2 aliphatic rings. The van der Waals surface area contributed by atoms with Crippen molar-refractivity contribution in [2.75, 3.05) is 13.1 Å². The van der Waals surface area contributed by atoms with Crippen LogP contribution in [-0.2, 0) is 4.79 Å². The fraction of sp³-hybridized carbons (Fsp3) is 0.857. The molecule has 6 nitrogen and oxygen atoms in total. The third-order valence-electron chi connectivity index (χ3n) is 4.49. The molecule has 0 aromatic rings. The van der Waals surface area contributed by atoms with Crippen molar-refractivity contribution in [3.05, 3.63) is 0 Å². The Bertz CT molecular complexity index is 367. The molecule has 3 atom stereocenters. The number of piperidine rings is 1. The van der Waals surface area contributed by atoms with E-state index in [1.165, 1.54) is 0 Å². The maximum Gasteiger partial charge on any atom is 0.312 e. The van der Waals surface area contributed by atoms with E-state index in [9.17, 15) is 9.59 Å². The van der Waals surface area contributed by atoms with Crippen LogP contribution in [0.25, 0.3) is 0 Å². The van der Waals surface area contributed by atoms with Gasteiger partial charge in [0, 0.05) is 31.1 Å². The second kappa shape index (κ2) is 8.44. The molecular weight excluding hydrogens is 292 g/mol. The first-order chi connectivity index (χ1) is 9.58. The first kappa shape index (κ1) is 18.0. The quantitative estimate of drug-likeness (QED) is 0.722. The van der Waals surface area contributed by atoms with Crippen molar-refractivity contribution in [2.24, 2.45) is 17.4 Å². The van der Waals surface area contributed by atoms with Gasteiger partial charge in [-0.2, -0.15) is 0 Å². The van der Waals surface area contributed by atoms with Crippen LogP contribution < -0.4 is 16.8 Å². The number of urea groups is 1. The number of carbonyl (C=O) groups is 2. The topological polar surface area (TPSA) is 101 Å². The van der Waals surface area contributed by atoms with Crippen LogP contribution in [0, 0.1) is 5.92 Å².